The van der Waals surface area contributed by atoms with Crippen LogP contribution in [0.15, 0.2) is 53.1 Å². The average molecular weight is 332 g/mol. The van der Waals surface area contributed by atoms with E-state index in [0.29, 0.717) is 23.1 Å². The molecule has 0 aliphatic heterocycles. The average Bonchev–Trinajstić information content (AvgIpc) is 3.22. The molecule has 3 rings (SSSR count). The minimum atomic E-state index is -0.424. The summed E-state index contributed by atoms with van der Waals surface area (Å²) in [5.74, 6) is 0.176. The van der Waals surface area contributed by atoms with Gasteiger partial charge in [-0.15, -0.1) is 0 Å². The molecule has 6 nitrogen and oxygen atoms in total. The van der Waals surface area contributed by atoms with E-state index in [1.165, 1.54) is 0 Å². The number of benzene rings is 1. The zero-order chi connectivity index (χ0) is 16.2. The van der Waals surface area contributed by atoms with Gasteiger partial charge in [0.15, 0.2) is 11.5 Å². The molecule has 3 aromatic rings. The van der Waals surface area contributed by atoms with Crippen LogP contribution in [0.2, 0.25) is 5.02 Å². The van der Waals surface area contributed by atoms with E-state index in [4.69, 9.17) is 20.9 Å². The summed E-state index contributed by atoms with van der Waals surface area (Å²) in [5.41, 5.74) is 3.96. The van der Waals surface area contributed by atoms with Gasteiger partial charge in [-0.05, 0) is 43.3 Å². The number of carbonyl (C=O) groups excluding carboxylic acids is 1. The van der Waals surface area contributed by atoms with Crippen LogP contribution in [-0.4, -0.2) is 22.3 Å². The Morgan fingerprint density at radius 1 is 1.35 bits per heavy atom. The lowest BCUT2D eigenvalue weighted by atomic mass is 10.2. The van der Waals surface area contributed by atoms with E-state index in [-0.39, 0.29) is 5.69 Å². The van der Waals surface area contributed by atoms with Crippen LogP contribution in [-0.2, 0) is 4.84 Å². The smallest absolute Gasteiger partial charge is 0.295 e. The summed E-state index contributed by atoms with van der Waals surface area (Å²) in [6.07, 6.45) is 1.56. The highest BCUT2D eigenvalue weighted by atomic mass is 35.5. The standard InChI is InChI=1S/C16H14ClN3O3/c1-2-23-19-16(21)13-10-14(15-4-3-9-22-15)20(18-13)12-7-5-11(17)6-8-12/h3-10H,2H2,1H3,(H,19,21). The number of nitrogens with zero attached hydrogens (tertiary/aromatic N) is 2. The van der Waals surface area contributed by atoms with Crippen LogP contribution in [0.3, 0.4) is 0 Å². The first kappa shape index (κ1) is 15.3. The Hall–Kier alpha value is -2.57. The van der Waals surface area contributed by atoms with E-state index in [0.717, 1.165) is 5.69 Å². The maximum absolute atomic E-state index is 12.1. The van der Waals surface area contributed by atoms with E-state index in [1.54, 1.807) is 48.2 Å². The predicted molar refractivity (Wildman–Crippen MR) is 85.4 cm³/mol. The van der Waals surface area contributed by atoms with E-state index in [1.807, 2.05) is 12.1 Å². The lowest BCUT2D eigenvalue weighted by Gasteiger charge is -2.05. The molecule has 7 heteroatoms. The summed E-state index contributed by atoms with van der Waals surface area (Å²) in [6, 6.07) is 12.3. The number of hydrogen-bond donors (Lipinski definition) is 1. The molecule has 2 heterocycles. The number of aromatic nitrogens is 2. The highest BCUT2D eigenvalue weighted by molar-refractivity contribution is 6.30. The van der Waals surface area contributed by atoms with Crippen molar-refractivity contribution in [1.29, 1.82) is 0 Å². The molecule has 0 atom stereocenters. The normalized spacial score (nSPS) is 10.7. The summed E-state index contributed by atoms with van der Waals surface area (Å²) >= 11 is 5.92. The lowest BCUT2D eigenvalue weighted by Crippen LogP contribution is -2.24. The molecular formula is C16H14ClN3O3. The van der Waals surface area contributed by atoms with E-state index < -0.39 is 5.91 Å². The van der Waals surface area contributed by atoms with Crippen LogP contribution in [0.5, 0.6) is 0 Å². The molecule has 0 aliphatic rings. The summed E-state index contributed by atoms with van der Waals surface area (Å²) in [7, 11) is 0. The van der Waals surface area contributed by atoms with Gasteiger partial charge >= 0.3 is 0 Å². The zero-order valence-electron chi connectivity index (χ0n) is 12.3. The minimum Gasteiger partial charge on any atom is -0.463 e. The van der Waals surface area contributed by atoms with Crippen LogP contribution in [0.4, 0.5) is 0 Å². The molecule has 2 aromatic heterocycles. The second-order valence-corrected chi connectivity index (χ2v) is 5.08. The van der Waals surface area contributed by atoms with Crippen LogP contribution >= 0.6 is 11.6 Å². The van der Waals surface area contributed by atoms with Gasteiger partial charge < -0.3 is 4.42 Å². The van der Waals surface area contributed by atoms with Gasteiger partial charge in [0.1, 0.15) is 5.69 Å². The number of nitrogens with one attached hydrogen (secondary N) is 1. The van der Waals surface area contributed by atoms with Gasteiger partial charge in [-0.1, -0.05) is 11.6 Å². The van der Waals surface area contributed by atoms with Gasteiger partial charge in [0.05, 0.1) is 18.6 Å². The van der Waals surface area contributed by atoms with Gasteiger partial charge in [0.2, 0.25) is 0 Å². The molecule has 0 unspecified atom stereocenters. The topological polar surface area (TPSA) is 69.3 Å². The largest absolute Gasteiger partial charge is 0.463 e. The Morgan fingerprint density at radius 2 is 2.13 bits per heavy atom. The van der Waals surface area contributed by atoms with Crippen molar-refractivity contribution in [3.05, 3.63) is 59.4 Å². The van der Waals surface area contributed by atoms with Gasteiger partial charge in [-0.2, -0.15) is 5.10 Å². The Balaban J connectivity index is 2.04. The molecule has 0 spiro atoms. The maximum atomic E-state index is 12.1. The van der Waals surface area contributed by atoms with Crippen molar-refractivity contribution >= 4 is 17.5 Å². The lowest BCUT2D eigenvalue weighted by molar-refractivity contribution is 0.0359. The molecule has 0 bridgehead atoms. The SMILES string of the molecule is CCONC(=O)c1cc(-c2ccco2)n(-c2ccc(Cl)cc2)n1. The number of hydrogen-bond acceptors (Lipinski definition) is 4. The first-order valence-corrected chi connectivity index (χ1v) is 7.39. The fraction of sp³-hybridized carbons (Fsp3) is 0.125. The second-order valence-electron chi connectivity index (χ2n) is 4.64. The Labute approximate surface area is 137 Å². The summed E-state index contributed by atoms with van der Waals surface area (Å²) in [5, 5.41) is 4.96. The molecule has 118 valence electrons. The quantitative estimate of drug-likeness (QED) is 0.727. The van der Waals surface area contributed by atoms with Gasteiger partial charge in [0.25, 0.3) is 5.91 Å². The molecule has 0 fully saturated rings. The van der Waals surface area contributed by atoms with Crippen molar-refractivity contribution in [2.24, 2.45) is 0 Å². The monoisotopic (exact) mass is 331 g/mol. The molecule has 0 aliphatic carbocycles. The summed E-state index contributed by atoms with van der Waals surface area (Å²) < 4.78 is 7.05. The number of rotatable bonds is 5. The Bertz CT molecular complexity index is 795. The van der Waals surface area contributed by atoms with Crippen molar-refractivity contribution in [3.8, 4) is 17.1 Å². The van der Waals surface area contributed by atoms with Gasteiger partial charge in [0, 0.05) is 11.1 Å². The molecule has 1 N–H and O–H groups in total. The molecule has 23 heavy (non-hydrogen) atoms. The fourth-order valence-electron chi connectivity index (χ4n) is 2.06. The third-order valence-corrected chi connectivity index (χ3v) is 3.35. The van der Waals surface area contributed by atoms with Crippen LogP contribution in [0, 0.1) is 0 Å². The van der Waals surface area contributed by atoms with Gasteiger partial charge in [-0.25, -0.2) is 10.2 Å². The van der Waals surface area contributed by atoms with E-state index in [2.05, 4.69) is 10.6 Å². The third-order valence-electron chi connectivity index (χ3n) is 3.10. The van der Waals surface area contributed by atoms with Crippen molar-refractivity contribution in [3.63, 3.8) is 0 Å². The van der Waals surface area contributed by atoms with E-state index >= 15 is 0 Å². The predicted octanol–water partition coefficient (Wildman–Crippen LogP) is 3.47. The third kappa shape index (κ3) is 3.28. The number of halogens is 1. The first-order valence-electron chi connectivity index (χ1n) is 7.01. The van der Waals surface area contributed by atoms with Crippen molar-refractivity contribution in [2.75, 3.05) is 6.61 Å². The minimum absolute atomic E-state index is 0.222. The highest BCUT2D eigenvalue weighted by Crippen LogP contribution is 2.25. The van der Waals surface area contributed by atoms with Crippen LogP contribution in [0.25, 0.3) is 17.1 Å². The number of carbonyl (C=O) groups is 1. The highest BCUT2D eigenvalue weighted by Gasteiger charge is 2.18. The van der Waals surface area contributed by atoms with Gasteiger partial charge in [-0.3, -0.25) is 9.63 Å². The molecule has 0 saturated heterocycles. The number of furan rings is 1. The molecule has 1 amide bonds. The fourth-order valence-corrected chi connectivity index (χ4v) is 2.19. The number of hydroxylamine groups is 1. The Morgan fingerprint density at radius 3 is 2.78 bits per heavy atom. The number of amides is 1. The molecule has 1 aromatic carbocycles. The van der Waals surface area contributed by atoms with Crippen molar-refractivity contribution < 1.29 is 14.0 Å². The summed E-state index contributed by atoms with van der Waals surface area (Å²) in [4.78, 5) is 17.0. The second kappa shape index (κ2) is 6.68. The van der Waals surface area contributed by atoms with Crippen molar-refractivity contribution in [1.82, 2.24) is 15.3 Å². The summed E-state index contributed by atoms with van der Waals surface area (Å²) in [6.45, 7) is 2.15. The van der Waals surface area contributed by atoms with E-state index in [9.17, 15) is 4.79 Å². The Kier molecular flexibility index (Phi) is 4.45. The van der Waals surface area contributed by atoms with Crippen molar-refractivity contribution in [2.45, 2.75) is 6.92 Å². The zero-order valence-corrected chi connectivity index (χ0v) is 13.1. The van der Waals surface area contributed by atoms with Crippen LogP contribution < -0.4 is 5.48 Å². The molecular weight excluding hydrogens is 318 g/mol. The maximum Gasteiger partial charge on any atom is 0.295 e. The molecule has 0 saturated carbocycles. The molecule has 0 radical (unpaired) electrons. The first-order chi connectivity index (χ1) is 11.2. The van der Waals surface area contributed by atoms with Crippen LogP contribution in [0.1, 0.15) is 17.4 Å².